The highest BCUT2D eigenvalue weighted by Crippen LogP contribution is 2.16. The molecule has 0 saturated heterocycles. The van der Waals surface area contributed by atoms with E-state index >= 15 is 0 Å². The molecule has 1 aromatic heterocycles. The Kier molecular flexibility index (Phi) is 8.43. The SMILES string of the molecule is CCCCCCCCCCCc1cnc(-c2cc[c]c(F)c2)nc1. The molecule has 0 saturated carbocycles. The van der Waals surface area contributed by atoms with E-state index in [-0.39, 0.29) is 5.82 Å². The van der Waals surface area contributed by atoms with Gasteiger partial charge >= 0.3 is 0 Å². The third kappa shape index (κ3) is 6.77. The van der Waals surface area contributed by atoms with Crippen molar-refractivity contribution < 1.29 is 4.39 Å². The van der Waals surface area contributed by atoms with Crippen LogP contribution < -0.4 is 0 Å². The van der Waals surface area contributed by atoms with Gasteiger partial charge in [-0.25, -0.2) is 14.4 Å². The van der Waals surface area contributed by atoms with Gasteiger partial charge in [-0.15, -0.1) is 0 Å². The van der Waals surface area contributed by atoms with Crippen LogP contribution in [0, 0.1) is 11.9 Å². The van der Waals surface area contributed by atoms with E-state index in [4.69, 9.17) is 0 Å². The van der Waals surface area contributed by atoms with Crippen LogP contribution in [0.5, 0.6) is 0 Å². The summed E-state index contributed by atoms with van der Waals surface area (Å²) in [6.45, 7) is 2.26. The normalized spacial score (nSPS) is 10.9. The van der Waals surface area contributed by atoms with Gasteiger partial charge in [-0.3, -0.25) is 0 Å². The van der Waals surface area contributed by atoms with Crippen molar-refractivity contribution in [2.75, 3.05) is 0 Å². The number of hydrogen-bond acceptors (Lipinski definition) is 2. The molecule has 0 atom stereocenters. The highest BCUT2D eigenvalue weighted by atomic mass is 19.1. The molecule has 0 aliphatic carbocycles. The van der Waals surface area contributed by atoms with Crippen molar-refractivity contribution in [2.45, 2.75) is 71.1 Å². The lowest BCUT2D eigenvalue weighted by atomic mass is 10.1. The molecule has 0 aliphatic rings. The Bertz CT molecular complexity index is 581. The Balaban J connectivity index is 1.64. The van der Waals surface area contributed by atoms with Crippen molar-refractivity contribution in [3.63, 3.8) is 0 Å². The summed E-state index contributed by atoms with van der Waals surface area (Å²) in [7, 11) is 0. The van der Waals surface area contributed by atoms with Gasteiger partial charge in [-0.1, -0.05) is 70.4 Å². The smallest absolute Gasteiger partial charge is 0.159 e. The summed E-state index contributed by atoms with van der Waals surface area (Å²) < 4.78 is 13.2. The average molecular weight is 327 g/mol. The molecule has 2 aromatic rings. The highest BCUT2D eigenvalue weighted by molar-refractivity contribution is 5.54. The summed E-state index contributed by atoms with van der Waals surface area (Å²) in [5.41, 5.74) is 1.85. The largest absolute Gasteiger partial charge is 0.236 e. The highest BCUT2D eigenvalue weighted by Gasteiger charge is 2.03. The number of halogens is 1. The first-order valence-corrected chi connectivity index (χ1v) is 9.28. The second-order valence-corrected chi connectivity index (χ2v) is 6.42. The van der Waals surface area contributed by atoms with Crippen molar-refractivity contribution in [2.24, 2.45) is 0 Å². The maximum atomic E-state index is 13.2. The lowest BCUT2D eigenvalue weighted by Crippen LogP contribution is -1.93. The zero-order valence-electron chi connectivity index (χ0n) is 14.7. The molecule has 3 heteroatoms. The van der Waals surface area contributed by atoms with E-state index in [1.807, 2.05) is 12.4 Å². The van der Waals surface area contributed by atoms with Crippen LogP contribution in [0.4, 0.5) is 4.39 Å². The molecule has 0 bridgehead atoms. The van der Waals surface area contributed by atoms with E-state index in [9.17, 15) is 4.39 Å². The minimum atomic E-state index is -0.380. The fourth-order valence-corrected chi connectivity index (χ4v) is 2.85. The Morgan fingerprint density at radius 2 is 1.54 bits per heavy atom. The van der Waals surface area contributed by atoms with Gasteiger partial charge in [0.05, 0.1) is 0 Å². The predicted octanol–water partition coefficient (Wildman–Crippen LogP) is 6.16. The summed E-state index contributed by atoms with van der Waals surface area (Å²) in [4.78, 5) is 8.71. The van der Waals surface area contributed by atoms with Crippen LogP contribution >= 0.6 is 0 Å². The van der Waals surface area contributed by atoms with Gasteiger partial charge in [0.25, 0.3) is 0 Å². The topological polar surface area (TPSA) is 25.8 Å². The molecule has 2 rings (SSSR count). The number of nitrogens with zero attached hydrogens (tertiary/aromatic N) is 2. The lowest BCUT2D eigenvalue weighted by Gasteiger charge is -2.04. The number of rotatable bonds is 11. The summed E-state index contributed by atoms with van der Waals surface area (Å²) in [5, 5.41) is 0. The molecule has 0 unspecified atom stereocenters. The fraction of sp³-hybridized carbons (Fsp3) is 0.524. The van der Waals surface area contributed by atoms with Crippen LogP contribution in [-0.2, 0) is 6.42 Å². The number of aromatic nitrogens is 2. The molecule has 129 valence electrons. The summed E-state index contributed by atoms with van der Waals surface area (Å²) in [6.07, 6.45) is 16.7. The van der Waals surface area contributed by atoms with Crippen LogP contribution in [0.2, 0.25) is 0 Å². The van der Waals surface area contributed by atoms with Crippen molar-refractivity contribution in [1.29, 1.82) is 0 Å². The molecule has 0 N–H and O–H groups in total. The Morgan fingerprint density at radius 1 is 0.917 bits per heavy atom. The van der Waals surface area contributed by atoms with Crippen molar-refractivity contribution in [3.05, 3.63) is 48.0 Å². The van der Waals surface area contributed by atoms with E-state index in [2.05, 4.69) is 23.0 Å². The average Bonchev–Trinajstić information content (AvgIpc) is 2.61. The molecular weight excluding hydrogens is 299 g/mol. The first-order chi connectivity index (χ1) is 11.8. The third-order valence-electron chi connectivity index (χ3n) is 4.30. The van der Waals surface area contributed by atoms with Gasteiger partial charge in [0.1, 0.15) is 5.82 Å². The standard InChI is InChI=1S/C21H28FN2/c1-2-3-4-5-6-7-8-9-10-12-18-16-23-21(24-17-18)19-13-11-14-20(22)15-19/h11,13,15-17H,2-10,12H2,1H3. The van der Waals surface area contributed by atoms with Crippen LogP contribution in [0.15, 0.2) is 30.6 Å². The van der Waals surface area contributed by atoms with E-state index in [0.717, 1.165) is 12.0 Å². The molecular formula is C21H28FN2. The molecule has 0 spiro atoms. The molecule has 1 aromatic carbocycles. The van der Waals surface area contributed by atoms with Gasteiger partial charge in [0.2, 0.25) is 0 Å². The lowest BCUT2D eigenvalue weighted by molar-refractivity contribution is 0.564. The van der Waals surface area contributed by atoms with Crippen molar-refractivity contribution in [1.82, 2.24) is 9.97 Å². The molecule has 24 heavy (non-hydrogen) atoms. The van der Waals surface area contributed by atoms with E-state index < -0.39 is 0 Å². The van der Waals surface area contributed by atoms with Gasteiger partial charge in [-0.2, -0.15) is 0 Å². The van der Waals surface area contributed by atoms with Gasteiger partial charge in [0.15, 0.2) is 5.82 Å². The zero-order valence-corrected chi connectivity index (χ0v) is 14.7. The van der Waals surface area contributed by atoms with Gasteiger partial charge in [-0.05, 0) is 24.5 Å². The molecule has 2 nitrogen and oxygen atoms in total. The molecule has 0 aliphatic heterocycles. The summed E-state index contributed by atoms with van der Waals surface area (Å²) in [5.74, 6) is 0.189. The number of unbranched alkanes of at least 4 members (excludes halogenated alkanes) is 8. The van der Waals surface area contributed by atoms with Crippen LogP contribution in [0.1, 0.15) is 70.3 Å². The second kappa shape index (κ2) is 10.9. The maximum Gasteiger partial charge on any atom is 0.159 e. The van der Waals surface area contributed by atoms with Crippen LogP contribution in [-0.4, -0.2) is 9.97 Å². The summed E-state index contributed by atoms with van der Waals surface area (Å²) in [6, 6.07) is 7.24. The fourth-order valence-electron chi connectivity index (χ4n) is 2.85. The molecule has 1 heterocycles. The Labute approximate surface area is 145 Å². The van der Waals surface area contributed by atoms with Gasteiger partial charge in [0, 0.05) is 24.0 Å². The monoisotopic (exact) mass is 327 g/mol. The minimum absolute atomic E-state index is 0.380. The maximum absolute atomic E-state index is 13.2. The van der Waals surface area contributed by atoms with E-state index in [0.29, 0.717) is 11.4 Å². The molecule has 0 fully saturated rings. The first kappa shape index (κ1) is 18.6. The predicted molar refractivity (Wildman–Crippen MR) is 97.2 cm³/mol. The number of hydrogen-bond donors (Lipinski definition) is 0. The molecule has 0 amide bonds. The quantitative estimate of drug-likeness (QED) is 0.462. The second-order valence-electron chi connectivity index (χ2n) is 6.42. The third-order valence-corrected chi connectivity index (χ3v) is 4.30. The minimum Gasteiger partial charge on any atom is -0.236 e. The zero-order chi connectivity index (χ0) is 17.0. The van der Waals surface area contributed by atoms with Gasteiger partial charge < -0.3 is 0 Å². The van der Waals surface area contributed by atoms with Crippen molar-refractivity contribution >= 4 is 0 Å². The van der Waals surface area contributed by atoms with Crippen LogP contribution in [0.25, 0.3) is 11.4 Å². The molecule has 1 radical (unpaired) electrons. The van der Waals surface area contributed by atoms with E-state index in [1.165, 1.54) is 63.9 Å². The summed E-state index contributed by atoms with van der Waals surface area (Å²) >= 11 is 0. The van der Waals surface area contributed by atoms with Crippen molar-refractivity contribution in [3.8, 4) is 11.4 Å². The number of benzene rings is 1. The Morgan fingerprint density at radius 3 is 2.17 bits per heavy atom. The van der Waals surface area contributed by atoms with E-state index in [1.54, 1.807) is 12.1 Å². The Hall–Kier alpha value is -1.77. The van der Waals surface area contributed by atoms with Crippen LogP contribution in [0.3, 0.4) is 0 Å². The first-order valence-electron chi connectivity index (χ1n) is 9.28. The number of aryl methyl sites for hydroxylation is 1.